The highest BCUT2D eigenvalue weighted by Crippen LogP contribution is 2.38. The molecule has 2 atom stereocenters. The Morgan fingerprint density at radius 3 is 1.92 bits per heavy atom. The largest absolute Gasteiger partial charge is 0.403 e. The van der Waals surface area contributed by atoms with Crippen molar-refractivity contribution >= 4 is 18.7 Å². The van der Waals surface area contributed by atoms with Gasteiger partial charge in [-0.2, -0.15) is 0 Å². The summed E-state index contributed by atoms with van der Waals surface area (Å²) < 4.78 is 7.14. The Bertz CT molecular complexity index is 653. The highest BCUT2D eigenvalue weighted by Gasteiger charge is 2.52. The summed E-state index contributed by atoms with van der Waals surface area (Å²) in [5.41, 5.74) is 0. The number of nitrogens with one attached hydrogen (secondary N) is 1. The van der Waals surface area contributed by atoms with Crippen molar-refractivity contribution in [3.8, 4) is 0 Å². The third-order valence-corrected chi connectivity index (χ3v) is 10.3. The Balaban J connectivity index is 2.17. The van der Waals surface area contributed by atoms with Crippen LogP contribution in [-0.2, 0) is 4.43 Å². The molecule has 0 bridgehead atoms. The molecule has 0 aromatic heterocycles. The molecular formula is C22H29NOSi. The zero-order chi connectivity index (χ0) is 17.9. The summed E-state index contributed by atoms with van der Waals surface area (Å²) in [6, 6.07) is 21.7. The Morgan fingerprint density at radius 1 is 0.960 bits per heavy atom. The minimum Gasteiger partial charge on any atom is -0.403 e. The number of rotatable bonds is 5. The van der Waals surface area contributed by atoms with Gasteiger partial charge in [0, 0.05) is 19.0 Å². The van der Waals surface area contributed by atoms with E-state index in [9.17, 15) is 0 Å². The minimum atomic E-state index is -2.46. The molecule has 1 aliphatic rings. The zero-order valence-corrected chi connectivity index (χ0v) is 16.5. The fraction of sp³-hybridized carbons (Fsp3) is 0.364. The lowest BCUT2D eigenvalue weighted by Crippen LogP contribution is -2.68. The maximum absolute atomic E-state index is 7.14. The summed E-state index contributed by atoms with van der Waals surface area (Å²) in [4.78, 5) is 0. The smallest absolute Gasteiger partial charge is 0.261 e. The average molecular weight is 352 g/mol. The van der Waals surface area contributed by atoms with Gasteiger partial charge in [-0.3, -0.25) is 0 Å². The lowest BCUT2D eigenvalue weighted by atomic mass is 10.1. The van der Waals surface area contributed by atoms with Crippen LogP contribution < -0.4 is 15.7 Å². The van der Waals surface area contributed by atoms with Crippen LogP contribution in [0.1, 0.15) is 20.8 Å². The van der Waals surface area contributed by atoms with E-state index in [2.05, 4.69) is 93.3 Å². The molecule has 132 valence electrons. The van der Waals surface area contributed by atoms with E-state index in [0.29, 0.717) is 5.92 Å². The van der Waals surface area contributed by atoms with Crippen molar-refractivity contribution in [3.05, 3.63) is 73.3 Å². The molecule has 0 radical (unpaired) electrons. The van der Waals surface area contributed by atoms with E-state index in [-0.39, 0.29) is 11.1 Å². The predicted octanol–water partition coefficient (Wildman–Crippen LogP) is 3.34. The molecule has 1 saturated heterocycles. The first kappa shape index (κ1) is 18.1. The molecule has 25 heavy (non-hydrogen) atoms. The molecule has 2 aromatic carbocycles. The molecule has 3 rings (SSSR count). The van der Waals surface area contributed by atoms with E-state index in [4.69, 9.17) is 4.43 Å². The monoisotopic (exact) mass is 351 g/mol. The van der Waals surface area contributed by atoms with Gasteiger partial charge in [-0.05, 0) is 15.4 Å². The van der Waals surface area contributed by atoms with E-state index >= 15 is 0 Å². The van der Waals surface area contributed by atoms with Gasteiger partial charge >= 0.3 is 0 Å². The Labute approximate surface area is 153 Å². The van der Waals surface area contributed by atoms with Gasteiger partial charge in [0.25, 0.3) is 8.32 Å². The molecule has 2 nitrogen and oxygen atoms in total. The Kier molecular flexibility index (Phi) is 5.28. The van der Waals surface area contributed by atoms with Gasteiger partial charge in [0.2, 0.25) is 0 Å². The van der Waals surface area contributed by atoms with Crippen molar-refractivity contribution in [2.45, 2.75) is 31.9 Å². The van der Waals surface area contributed by atoms with Crippen LogP contribution in [0.25, 0.3) is 0 Å². The molecule has 0 aliphatic carbocycles. The zero-order valence-electron chi connectivity index (χ0n) is 15.5. The summed E-state index contributed by atoms with van der Waals surface area (Å²) in [6.45, 7) is 12.8. The van der Waals surface area contributed by atoms with Crippen LogP contribution >= 0.6 is 0 Å². The van der Waals surface area contributed by atoms with Gasteiger partial charge in [-0.25, -0.2) is 0 Å². The van der Waals surface area contributed by atoms with Gasteiger partial charge in [0.1, 0.15) is 0 Å². The van der Waals surface area contributed by atoms with E-state index < -0.39 is 8.32 Å². The molecule has 2 aromatic rings. The quantitative estimate of drug-likeness (QED) is 0.659. The normalized spacial score (nSPS) is 21.2. The first-order chi connectivity index (χ1) is 12.0. The molecule has 0 saturated carbocycles. The van der Waals surface area contributed by atoms with Crippen molar-refractivity contribution in [2.24, 2.45) is 5.92 Å². The number of hydrogen-bond acceptors (Lipinski definition) is 2. The molecule has 1 N–H and O–H groups in total. The van der Waals surface area contributed by atoms with Crippen molar-refractivity contribution in [2.75, 3.05) is 13.1 Å². The highest BCUT2D eigenvalue weighted by molar-refractivity contribution is 6.99. The van der Waals surface area contributed by atoms with Crippen molar-refractivity contribution in [1.82, 2.24) is 5.32 Å². The summed E-state index contributed by atoms with van der Waals surface area (Å²) in [5.74, 6) is 0.363. The van der Waals surface area contributed by atoms with Crippen LogP contribution in [0.2, 0.25) is 5.04 Å². The molecule has 1 fully saturated rings. The van der Waals surface area contributed by atoms with Crippen LogP contribution in [0.5, 0.6) is 0 Å². The second-order valence-electron chi connectivity index (χ2n) is 7.88. The number of hydrogen-bond donors (Lipinski definition) is 1. The van der Waals surface area contributed by atoms with Crippen LogP contribution in [0.3, 0.4) is 0 Å². The molecule has 1 aliphatic heterocycles. The summed E-state index contributed by atoms with van der Waals surface area (Å²) >= 11 is 0. The topological polar surface area (TPSA) is 21.3 Å². The average Bonchev–Trinajstić information content (AvgIpc) is 3.07. The highest BCUT2D eigenvalue weighted by atomic mass is 28.4. The van der Waals surface area contributed by atoms with E-state index in [1.165, 1.54) is 10.4 Å². The second kappa shape index (κ2) is 7.28. The van der Waals surface area contributed by atoms with Crippen molar-refractivity contribution in [3.63, 3.8) is 0 Å². The number of benzene rings is 2. The van der Waals surface area contributed by atoms with Gasteiger partial charge in [-0.1, -0.05) is 87.5 Å². The lowest BCUT2D eigenvalue weighted by Gasteiger charge is -2.45. The van der Waals surface area contributed by atoms with Crippen LogP contribution in [0.15, 0.2) is 73.3 Å². The molecule has 0 unspecified atom stereocenters. The standard InChI is InChI=1S/C22H29NOSi/c1-5-18-16-23-17-21(18)24-25(22(2,3)4,19-12-8-6-9-13-19)20-14-10-7-11-15-20/h5-15,18,21,23H,1,16-17H2,2-4H3/t18-,21+/m0/s1. The summed E-state index contributed by atoms with van der Waals surface area (Å²) in [7, 11) is -2.46. The van der Waals surface area contributed by atoms with E-state index in [0.717, 1.165) is 13.1 Å². The van der Waals surface area contributed by atoms with Gasteiger partial charge in [0.15, 0.2) is 0 Å². The third kappa shape index (κ3) is 3.37. The predicted molar refractivity (Wildman–Crippen MR) is 109 cm³/mol. The SMILES string of the molecule is C=C[C@H]1CNC[C@H]1O[Si](c1ccccc1)(c1ccccc1)C(C)(C)C. The molecule has 0 amide bonds. The second-order valence-corrected chi connectivity index (χ2v) is 12.1. The van der Waals surface area contributed by atoms with E-state index in [1.807, 2.05) is 6.08 Å². The van der Waals surface area contributed by atoms with E-state index in [1.54, 1.807) is 0 Å². The van der Waals surface area contributed by atoms with Gasteiger partial charge in [-0.15, -0.1) is 6.58 Å². The lowest BCUT2D eigenvalue weighted by molar-refractivity contribution is 0.180. The Morgan fingerprint density at radius 2 is 1.48 bits per heavy atom. The first-order valence-electron chi connectivity index (χ1n) is 9.11. The molecule has 0 spiro atoms. The first-order valence-corrected chi connectivity index (χ1v) is 11.0. The maximum atomic E-state index is 7.14. The van der Waals surface area contributed by atoms with Crippen molar-refractivity contribution < 1.29 is 4.43 Å². The third-order valence-electron chi connectivity index (χ3n) is 5.25. The molecule has 3 heteroatoms. The van der Waals surface area contributed by atoms with Crippen LogP contribution in [0, 0.1) is 5.92 Å². The Hall–Kier alpha value is -1.68. The fourth-order valence-electron chi connectivity index (χ4n) is 3.96. The van der Waals surface area contributed by atoms with Crippen molar-refractivity contribution in [1.29, 1.82) is 0 Å². The van der Waals surface area contributed by atoms with Crippen LogP contribution in [0.4, 0.5) is 0 Å². The summed E-state index contributed by atoms with van der Waals surface area (Å²) in [6.07, 6.45) is 2.21. The maximum Gasteiger partial charge on any atom is 0.261 e. The van der Waals surface area contributed by atoms with Gasteiger partial charge < -0.3 is 9.74 Å². The van der Waals surface area contributed by atoms with Gasteiger partial charge in [0.05, 0.1) is 6.10 Å². The molecular weight excluding hydrogens is 322 g/mol. The molecule has 1 heterocycles. The fourth-order valence-corrected chi connectivity index (χ4v) is 8.68. The summed E-state index contributed by atoms with van der Waals surface area (Å²) in [5, 5.41) is 6.17. The minimum absolute atomic E-state index is 0.0179. The van der Waals surface area contributed by atoms with Crippen LogP contribution in [-0.4, -0.2) is 27.5 Å².